The topological polar surface area (TPSA) is 86.4 Å². The number of anilines is 1. The molecule has 0 bridgehead atoms. The summed E-state index contributed by atoms with van der Waals surface area (Å²) in [6.45, 7) is 0.360. The van der Waals surface area contributed by atoms with Crippen molar-refractivity contribution < 1.29 is 17.2 Å². The molecule has 2 heterocycles. The van der Waals surface area contributed by atoms with Gasteiger partial charge in [0.25, 0.3) is 5.56 Å². The predicted molar refractivity (Wildman–Crippen MR) is 87.2 cm³/mol. The quantitative estimate of drug-likeness (QED) is 0.851. The minimum atomic E-state index is -4.31. The molecule has 0 aliphatic carbocycles. The van der Waals surface area contributed by atoms with Crippen LogP contribution in [0.25, 0.3) is 0 Å². The molecule has 0 spiro atoms. The fourth-order valence-electron chi connectivity index (χ4n) is 2.62. The molecule has 0 saturated carbocycles. The van der Waals surface area contributed by atoms with Crippen LogP contribution in [0.1, 0.15) is 0 Å². The first-order chi connectivity index (χ1) is 11.8. The molecule has 3 rings (SSSR count). The average Bonchev–Trinajstić information content (AvgIpc) is 2.57. The van der Waals surface area contributed by atoms with E-state index in [1.165, 1.54) is 6.20 Å². The molecule has 2 aromatic rings. The first-order valence-electron chi connectivity index (χ1n) is 7.24. The molecule has 1 N–H and O–H groups in total. The van der Waals surface area contributed by atoms with E-state index in [2.05, 4.69) is 10.2 Å². The number of H-pyrrole nitrogens is 1. The molecule has 1 fully saturated rings. The maximum Gasteiger partial charge on any atom is 0.285 e. The summed E-state index contributed by atoms with van der Waals surface area (Å²) in [5, 5.41) is 5.81. The lowest BCUT2D eigenvalue weighted by molar-refractivity contribution is 0.378. The van der Waals surface area contributed by atoms with Gasteiger partial charge in [-0.2, -0.15) is 9.40 Å². The van der Waals surface area contributed by atoms with Gasteiger partial charge in [0.15, 0.2) is 4.90 Å². The molecule has 7 nitrogen and oxygen atoms in total. The number of hydrogen-bond donors (Lipinski definition) is 1. The Hall–Kier alpha value is -2.04. The molecule has 0 unspecified atom stereocenters. The minimum Gasteiger partial charge on any atom is -0.366 e. The molecular weight excluding hydrogens is 378 g/mol. The molecule has 0 radical (unpaired) electrons. The molecular formula is C14H13ClF2N4O3S. The van der Waals surface area contributed by atoms with Gasteiger partial charge in [0.1, 0.15) is 16.7 Å². The molecule has 1 aromatic heterocycles. The predicted octanol–water partition coefficient (Wildman–Crippen LogP) is 1.21. The van der Waals surface area contributed by atoms with Crippen LogP contribution in [-0.4, -0.2) is 49.1 Å². The van der Waals surface area contributed by atoms with Crippen molar-refractivity contribution in [2.24, 2.45) is 0 Å². The van der Waals surface area contributed by atoms with Crippen LogP contribution >= 0.6 is 11.6 Å². The normalized spacial score (nSPS) is 16.2. The third kappa shape index (κ3) is 3.24. The van der Waals surface area contributed by atoms with Crippen molar-refractivity contribution in [3.05, 3.63) is 51.4 Å². The van der Waals surface area contributed by atoms with Gasteiger partial charge in [-0.05, 0) is 12.1 Å². The number of nitrogens with one attached hydrogen (secondary N) is 1. The Morgan fingerprint density at radius 3 is 2.32 bits per heavy atom. The number of aromatic nitrogens is 2. The van der Waals surface area contributed by atoms with Gasteiger partial charge in [0.05, 0.1) is 11.9 Å². The maximum absolute atomic E-state index is 13.8. The summed E-state index contributed by atoms with van der Waals surface area (Å²) in [6.07, 6.45) is 1.37. The van der Waals surface area contributed by atoms with E-state index < -0.39 is 32.1 Å². The van der Waals surface area contributed by atoms with E-state index in [4.69, 9.17) is 11.6 Å². The van der Waals surface area contributed by atoms with E-state index in [-0.39, 0.29) is 31.2 Å². The molecule has 0 amide bonds. The van der Waals surface area contributed by atoms with E-state index in [0.717, 1.165) is 22.5 Å². The highest BCUT2D eigenvalue weighted by Crippen LogP contribution is 2.26. The standard InChI is InChI=1S/C14H13ClF2N4O3S/c15-12-11(8-18-19-14(12)22)20-4-6-21(7-5-20)25(23,24)13-9(16)2-1-3-10(13)17/h1-3,8H,4-7H2,(H,19,22). The summed E-state index contributed by atoms with van der Waals surface area (Å²) in [7, 11) is -4.31. The Balaban J connectivity index is 1.82. The van der Waals surface area contributed by atoms with Crippen LogP contribution < -0.4 is 10.5 Å². The molecule has 1 aliphatic rings. The highest BCUT2D eigenvalue weighted by molar-refractivity contribution is 7.89. The molecule has 1 aromatic carbocycles. The van der Waals surface area contributed by atoms with Crippen molar-refractivity contribution in [1.82, 2.24) is 14.5 Å². The molecule has 1 saturated heterocycles. The fraction of sp³-hybridized carbons (Fsp3) is 0.286. The highest BCUT2D eigenvalue weighted by Gasteiger charge is 2.33. The van der Waals surface area contributed by atoms with Crippen molar-refractivity contribution in [2.45, 2.75) is 4.90 Å². The Kier molecular flexibility index (Phi) is 4.76. The zero-order valence-electron chi connectivity index (χ0n) is 12.7. The number of rotatable bonds is 3. The van der Waals surface area contributed by atoms with Crippen LogP contribution in [0.2, 0.25) is 5.02 Å². The lowest BCUT2D eigenvalue weighted by Gasteiger charge is -2.35. The maximum atomic E-state index is 13.8. The van der Waals surface area contributed by atoms with Crippen molar-refractivity contribution in [3.63, 3.8) is 0 Å². The second kappa shape index (κ2) is 6.70. The monoisotopic (exact) mass is 390 g/mol. The molecule has 1 aliphatic heterocycles. The summed E-state index contributed by atoms with van der Waals surface area (Å²) in [6, 6.07) is 2.89. The van der Waals surface area contributed by atoms with Crippen LogP contribution in [0.4, 0.5) is 14.5 Å². The molecule has 134 valence electrons. The van der Waals surface area contributed by atoms with Gasteiger partial charge in [0, 0.05) is 26.2 Å². The van der Waals surface area contributed by atoms with E-state index in [1.807, 2.05) is 0 Å². The second-order valence-electron chi connectivity index (χ2n) is 5.34. The van der Waals surface area contributed by atoms with Crippen LogP contribution in [-0.2, 0) is 10.0 Å². The largest absolute Gasteiger partial charge is 0.366 e. The fourth-order valence-corrected chi connectivity index (χ4v) is 4.36. The van der Waals surface area contributed by atoms with Crippen LogP contribution in [0, 0.1) is 11.6 Å². The summed E-state index contributed by atoms with van der Waals surface area (Å²) < 4.78 is 53.7. The lowest BCUT2D eigenvalue weighted by atomic mass is 10.3. The number of sulfonamides is 1. The van der Waals surface area contributed by atoms with Gasteiger partial charge in [-0.1, -0.05) is 17.7 Å². The number of aromatic amines is 1. The molecule has 11 heteroatoms. The second-order valence-corrected chi connectivity index (χ2v) is 7.59. The third-order valence-corrected chi connectivity index (χ3v) is 6.19. The molecule has 0 atom stereocenters. The van der Waals surface area contributed by atoms with Gasteiger partial charge in [0.2, 0.25) is 10.0 Å². The Morgan fingerprint density at radius 1 is 1.12 bits per heavy atom. The smallest absolute Gasteiger partial charge is 0.285 e. The Labute approximate surface area is 146 Å². The van der Waals surface area contributed by atoms with Crippen molar-refractivity contribution >= 4 is 27.3 Å². The van der Waals surface area contributed by atoms with Crippen LogP contribution in [0.15, 0.2) is 34.1 Å². The van der Waals surface area contributed by atoms with Crippen molar-refractivity contribution in [3.8, 4) is 0 Å². The lowest BCUT2D eigenvalue weighted by Crippen LogP contribution is -2.49. The van der Waals surface area contributed by atoms with Crippen LogP contribution in [0.3, 0.4) is 0 Å². The SMILES string of the molecule is O=c1[nH]ncc(N2CCN(S(=O)(=O)c3c(F)cccc3F)CC2)c1Cl. The number of hydrogen-bond acceptors (Lipinski definition) is 5. The van der Waals surface area contributed by atoms with Crippen molar-refractivity contribution in [1.29, 1.82) is 0 Å². The molecule has 25 heavy (non-hydrogen) atoms. The number of halogens is 3. The van der Waals surface area contributed by atoms with Gasteiger partial charge in [-0.25, -0.2) is 22.3 Å². The van der Waals surface area contributed by atoms with Gasteiger partial charge >= 0.3 is 0 Å². The minimum absolute atomic E-state index is 0.0146. The number of benzene rings is 1. The zero-order valence-corrected chi connectivity index (χ0v) is 14.3. The van der Waals surface area contributed by atoms with Crippen molar-refractivity contribution in [2.75, 3.05) is 31.1 Å². The highest BCUT2D eigenvalue weighted by atomic mass is 35.5. The van der Waals surface area contributed by atoms with Gasteiger partial charge in [-0.15, -0.1) is 0 Å². The number of piperazine rings is 1. The van der Waals surface area contributed by atoms with E-state index in [0.29, 0.717) is 5.69 Å². The summed E-state index contributed by atoms with van der Waals surface area (Å²) in [5.74, 6) is -2.27. The zero-order chi connectivity index (χ0) is 18.2. The Morgan fingerprint density at radius 2 is 1.72 bits per heavy atom. The van der Waals surface area contributed by atoms with Crippen LogP contribution in [0.5, 0.6) is 0 Å². The van der Waals surface area contributed by atoms with E-state index in [1.54, 1.807) is 4.90 Å². The first-order valence-corrected chi connectivity index (χ1v) is 9.06. The summed E-state index contributed by atoms with van der Waals surface area (Å²) in [5.41, 5.74) is -0.179. The third-order valence-electron chi connectivity index (χ3n) is 3.87. The Bertz CT molecular complexity index is 939. The first kappa shape index (κ1) is 17.8. The summed E-state index contributed by atoms with van der Waals surface area (Å²) in [4.78, 5) is 12.2. The van der Waals surface area contributed by atoms with E-state index >= 15 is 0 Å². The average molecular weight is 391 g/mol. The van der Waals surface area contributed by atoms with Gasteiger partial charge < -0.3 is 4.90 Å². The number of nitrogens with zero attached hydrogens (tertiary/aromatic N) is 3. The van der Waals surface area contributed by atoms with Gasteiger partial charge in [-0.3, -0.25) is 4.79 Å². The summed E-state index contributed by atoms with van der Waals surface area (Å²) >= 11 is 5.93. The van der Waals surface area contributed by atoms with E-state index in [9.17, 15) is 22.0 Å².